The van der Waals surface area contributed by atoms with Gasteiger partial charge in [-0.25, -0.2) is 9.59 Å². The maximum absolute atomic E-state index is 12.2. The van der Waals surface area contributed by atoms with Crippen LogP contribution >= 0.6 is 11.8 Å². The van der Waals surface area contributed by atoms with Gasteiger partial charge in [0.25, 0.3) is 0 Å². The van der Waals surface area contributed by atoms with Gasteiger partial charge >= 0.3 is 11.9 Å². The lowest BCUT2D eigenvalue weighted by molar-refractivity contribution is -0.133. The number of fused-ring (bicyclic) bond motifs is 4. The van der Waals surface area contributed by atoms with Gasteiger partial charge in [-0.05, 0) is 43.1 Å². The molecule has 2 aliphatic rings. The number of hydrogen-bond donors (Lipinski definition) is 1. The van der Waals surface area contributed by atoms with Crippen molar-refractivity contribution < 1.29 is 23.8 Å². The van der Waals surface area contributed by atoms with Crippen molar-refractivity contribution in [1.29, 1.82) is 0 Å². The van der Waals surface area contributed by atoms with E-state index in [2.05, 4.69) is 35.6 Å². The van der Waals surface area contributed by atoms with E-state index in [9.17, 15) is 9.59 Å². The molecular weight excluding hydrogens is 462 g/mol. The van der Waals surface area contributed by atoms with Crippen LogP contribution in [0.3, 0.4) is 0 Å². The second kappa shape index (κ2) is 10.8. The first kappa shape index (κ1) is 23.2. The monoisotopic (exact) mass is 487 g/mol. The maximum Gasteiger partial charge on any atom is 0.336 e. The molecule has 0 fully saturated rings. The van der Waals surface area contributed by atoms with Gasteiger partial charge in [0.05, 0.1) is 0 Å². The molecule has 0 spiro atoms. The number of thioether (sulfide) groups is 1. The van der Waals surface area contributed by atoms with E-state index in [1.165, 1.54) is 5.56 Å². The molecule has 0 saturated heterocycles. The Morgan fingerprint density at radius 3 is 2.37 bits per heavy atom. The molecule has 0 amide bonds. The van der Waals surface area contributed by atoms with E-state index in [1.807, 2.05) is 36.0 Å². The summed E-state index contributed by atoms with van der Waals surface area (Å²) >= 11 is 1.82. The molecule has 0 radical (unpaired) electrons. The average Bonchev–Trinajstić information content (AvgIpc) is 3.03. The van der Waals surface area contributed by atoms with Crippen LogP contribution in [0.4, 0.5) is 0 Å². The molecule has 3 aromatic carbocycles. The van der Waals surface area contributed by atoms with Crippen molar-refractivity contribution in [2.75, 3.05) is 18.8 Å². The van der Waals surface area contributed by atoms with Crippen molar-refractivity contribution in [3.8, 4) is 23.0 Å². The lowest BCUT2D eigenvalue weighted by atomic mass is 10.0. The average molecular weight is 488 g/mol. The number of rotatable bonds is 7. The molecule has 2 aliphatic heterocycles. The highest BCUT2D eigenvalue weighted by Crippen LogP contribution is 2.49. The van der Waals surface area contributed by atoms with E-state index >= 15 is 0 Å². The van der Waals surface area contributed by atoms with Gasteiger partial charge in [-0.15, -0.1) is 0 Å². The fourth-order valence-corrected chi connectivity index (χ4v) is 5.37. The van der Waals surface area contributed by atoms with E-state index in [-0.39, 0.29) is 16.7 Å². The molecule has 1 atom stereocenters. The predicted molar refractivity (Wildman–Crippen MR) is 135 cm³/mol. The minimum Gasteiger partial charge on any atom is -0.457 e. The van der Waals surface area contributed by atoms with Crippen molar-refractivity contribution in [2.45, 2.75) is 18.1 Å². The zero-order valence-corrected chi connectivity index (χ0v) is 19.9. The second-order valence-corrected chi connectivity index (χ2v) is 9.54. The molecular formula is C28H25NO5S. The quantitative estimate of drug-likeness (QED) is 0.285. The standard InChI is InChI=1S/C28H25NO5S/c30-26-12-13-27(31)34-28-21-18-25(35-17-16-29-15-14-19-6-2-1-3-7-19)20-8-4-5-9-22(20)32-23(21)10-11-24(28)33-26/h1-13,25,29H,14-18H2/b13-12-. The third-order valence-electron chi connectivity index (χ3n) is 5.86. The number of carbonyl (C=O) groups is 2. The Morgan fingerprint density at radius 1 is 0.771 bits per heavy atom. The first-order chi connectivity index (χ1) is 17.2. The summed E-state index contributed by atoms with van der Waals surface area (Å²) in [5.74, 6) is 1.48. The molecule has 0 aromatic heterocycles. The number of benzene rings is 3. The number of esters is 2. The van der Waals surface area contributed by atoms with Crippen LogP contribution in [0.2, 0.25) is 0 Å². The fraction of sp³-hybridized carbons (Fsp3) is 0.214. The van der Waals surface area contributed by atoms with Gasteiger partial charge in [-0.1, -0.05) is 48.5 Å². The largest absolute Gasteiger partial charge is 0.457 e. The molecule has 1 N–H and O–H groups in total. The van der Waals surface area contributed by atoms with Gasteiger partial charge in [0.15, 0.2) is 11.5 Å². The molecule has 0 aliphatic carbocycles. The van der Waals surface area contributed by atoms with E-state index in [0.717, 1.165) is 48.7 Å². The fourth-order valence-electron chi connectivity index (χ4n) is 4.16. The summed E-state index contributed by atoms with van der Waals surface area (Å²) in [6.07, 6.45) is 3.69. The SMILES string of the molecule is O=C1/C=C\C(=O)Oc2c(ccc3c2CC(SCCNCCc2ccccc2)c2ccccc2O3)O1. The van der Waals surface area contributed by atoms with Crippen LogP contribution in [0.25, 0.3) is 0 Å². The number of ether oxygens (including phenoxy) is 3. The molecule has 2 heterocycles. The van der Waals surface area contributed by atoms with Crippen molar-refractivity contribution in [3.05, 3.63) is 95.6 Å². The third-order valence-corrected chi connectivity index (χ3v) is 7.12. The topological polar surface area (TPSA) is 73.9 Å². The zero-order chi connectivity index (χ0) is 24.0. The van der Waals surface area contributed by atoms with Gasteiger partial charge in [-0.2, -0.15) is 11.8 Å². The molecule has 5 rings (SSSR count). The Bertz CT molecular complexity index is 1260. The molecule has 0 saturated carbocycles. The van der Waals surface area contributed by atoms with Crippen LogP contribution in [0.1, 0.15) is 21.9 Å². The Labute approximate surface area is 208 Å². The molecule has 0 bridgehead atoms. The first-order valence-electron chi connectivity index (χ1n) is 11.6. The highest BCUT2D eigenvalue weighted by molar-refractivity contribution is 7.99. The highest BCUT2D eigenvalue weighted by Gasteiger charge is 2.29. The Balaban J connectivity index is 1.32. The van der Waals surface area contributed by atoms with Gasteiger partial charge in [0.2, 0.25) is 0 Å². The van der Waals surface area contributed by atoms with Gasteiger partial charge < -0.3 is 19.5 Å². The van der Waals surface area contributed by atoms with Crippen LogP contribution in [-0.2, 0) is 22.4 Å². The number of carbonyl (C=O) groups excluding carboxylic acids is 2. The molecule has 1 unspecified atom stereocenters. The molecule has 3 aromatic rings. The summed E-state index contributed by atoms with van der Waals surface area (Å²) < 4.78 is 17.2. The van der Waals surface area contributed by atoms with E-state index < -0.39 is 11.9 Å². The van der Waals surface area contributed by atoms with Crippen LogP contribution in [0.5, 0.6) is 23.0 Å². The van der Waals surface area contributed by atoms with Crippen molar-refractivity contribution in [1.82, 2.24) is 5.32 Å². The Hall–Kier alpha value is -3.55. The van der Waals surface area contributed by atoms with Gasteiger partial charge in [-0.3, -0.25) is 0 Å². The first-order valence-corrected chi connectivity index (χ1v) is 12.6. The third kappa shape index (κ3) is 5.58. The van der Waals surface area contributed by atoms with Gasteiger partial charge in [0, 0.05) is 40.8 Å². The van der Waals surface area contributed by atoms with E-state index in [0.29, 0.717) is 17.7 Å². The summed E-state index contributed by atoms with van der Waals surface area (Å²) in [4.78, 5) is 24.2. The van der Waals surface area contributed by atoms with Crippen LogP contribution in [0.15, 0.2) is 78.9 Å². The van der Waals surface area contributed by atoms with Crippen molar-refractivity contribution >= 4 is 23.7 Å². The smallest absolute Gasteiger partial charge is 0.336 e. The minimum atomic E-state index is -0.620. The lowest BCUT2D eigenvalue weighted by Crippen LogP contribution is -2.20. The molecule has 7 heteroatoms. The highest BCUT2D eigenvalue weighted by atomic mass is 32.2. The molecule has 178 valence electrons. The summed E-state index contributed by atoms with van der Waals surface area (Å²) in [6, 6.07) is 21.8. The van der Waals surface area contributed by atoms with Crippen LogP contribution in [0, 0.1) is 0 Å². The van der Waals surface area contributed by atoms with Gasteiger partial charge in [0.1, 0.15) is 11.5 Å². The maximum atomic E-state index is 12.2. The zero-order valence-electron chi connectivity index (χ0n) is 19.1. The predicted octanol–water partition coefficient (Wildman–Crippen LogP) is 5.02. The van der Waals surface area contributed by atoms with Crippen molar-refractivity contribution in [2.24, 2.45) is 0 Å². The Kier molecular flexibility index (Phi) is 7.16. The number of para-hydroxylation sites is 1. The second-order valence-electron chi connectivity index (χ2n) is 8.23. The van der Waals surface area contributed by atoms with E-state index in [4.69, 9.17) is 14.2 Å². The Morgan fingerprint density at radius 2 is 1.51 bits per heavy atom. The van der Waals surface area contributed by atoms with Crippen LogP contribution < -0.4 is 19.5 Å². The number of nitrogens with one attached hydrogen (secondary N) is 1. The minimum absolute atomic E-state index is 0.0743. The summed E-state index contributed by atoms with van der Waals surface area (Å²) in [6.45, 7) is 1.79. The summed E-state index contributed by atoms with van der Waals surface area (Å²) in [7, 11) is 0. The summed E-state index contributed by atoms with van der Waals surface area (Å²) in [5, 5.41) is 3.60. The molecule has 6 nitrogen and oxygen atoms in total. The van der Waals surface area contributed by atoms with Crippen LogP contribution in [-0.4, -0.2) is 30.8 Å². The number of hydrogen-bond acceptors (Lipinski definition) is 7. The lowest BCUT2D eigenvalue weighted by Gasteiger charge is -2.19. The summed E-state index contributed by atoms with van der Waals surface area (Å²) in [5.41, 5.74) is 3.12. The normalized spacial score (nSPS) is 17.3. The molecule has 35 heavy (non-hydrogen) atoms. The van der Waals surface area contributed by atoms with Crippen molar-refractivity contribution in [3.63, 3.8) is 0 Å². The van der Waals surface area contributed by atoms with E-state index in [1.54, 1.807) is 12.1 Å².